The fraction of sp³-hybridized carbons (Fsp3) is 0.148. The van der Waals surface area contributed by atoms with Gasteiger partial charge in [-0.15, -0.1) is 0 Å². The first-order valence-corrected chi connectivity index (χ1v) is 22.8. The predicted octanol–water partition coefficient (Wildman–Crippen LogP) is 17.6. The van der Waals surface area contributed by atoms with Crippen LogP contribution in [0.5, 0.6) is 0 Å². The average molecular weight is 812 g/mol. The number of hydrogen-bond acceptors (Lipinski definition) is 2. The molecule has 0 bridgehead atoms. The summed E-state index contributed by atoms with van der Waals surface area (Å²) in [6.07, 6.45) is 6.47. The van der Waals surface area contributed by atoms with E-state index in [1.165, 1.54) is 98.5 Å². The second kappa shape index (κ2) is 15.0. The summed E-state index contributed by atoms with van der Waals surface area (Å²) in [4.78, 5) is 2.49. The molecule has 2 heteroatoms. The molecule has 0 radical (unpaired) electrons. The van der Waals surface area contributed by atoms with Crippen LogP contribution in [-0.2, 0) is 5.41 Å². The molecule has 2 nitrogen and oxygen atoms in total. The lowest BCUT2D eigenvalue weighted by molar-refractivity contribution is 0.445. The van der Waals surface area contributed by atoms with Crippen molar-refractivity contribution in [2.75, 3.05) is 4.90 Å². The zero-order valence-electron chi connectivity index (χ0n) is 35.9. The fourth-order valence-corrected chi connectivity index (χ4v) is 11.4. The van der Waals surface area contributed by atoms with Crippen molar-refractivity contribution in [1.82, 2.24) is 0 Å². The summed E-state index contributed by atoms with van der Waals surface area (Å²) in [6.45, 7) is 4.77. The number of hydrogen-bond donors (Lipinski definition) is 0. The Morgan fingerprint density at radius 1 is 0.460 bits per heavy atom. The van der Waals surface area contributed by atoms with Crippen LogP contribution in [0.2, 0.25) is 0 Å². The molecule has 12 rings (SSSR count). The van der Waals surface area contributed by atoms with E-state index in [0.717, 1.165) is 44.6 Å². The molecule has 9 aromatic carbocycles. The minimum Gasteiger partial charge on any atom is -0.456 e. The van der Waals surface area contributed by atoms with Crippen molar-refractivity contribution < 1.29 is 4.42 Å². The molecular formula is C61H49NO. The van der Waals surface area contributed by atoms with E-state index in [1.807, 2.05) is 6.07 Å². The number of para-hydroxylation sites is 2. The van der Waals surface area contributed by atoms with Crippen LogP contribution in [0, 0.1) is 0 Å². The van der Waals surface area contributed by atoms with Gasteiger partial charge in [-0.3, -0.25) is 0 Å². The number of rotatable bonds is 7. The third-order valence-electron chi connectivity index (χ3n) is 14.3. The second-order valence-electron chi connectivity index (χ2n) is 18.2. The Morgan fingerprint density at radius 2 is 1.11 bits per heavy atom. The molecule has 0 atom stereocenters. The van der Waals surface area contributed by atoms with E-state index in [9.17, 15) is 0 Å². The Labute approximate surface area is 370 Å². The van der Waals surface area contributed by atoms with E-state index in [-0.39, 0.29) is 5.41 Å². The van der Waals surface area contributed by atoms with Gasteiger partial charge < -0.3 is 9.32 Å². The first kappa shape index (κ1) is 37.6. The SMILES string of the molecule is CC1(C)c2ccccc2-c2cccc(-c3cccc(N(c4ccc(-c5cccc6oc7ccccc7c56)cc4)c4ccccc4-c4cccc5cccc(C6CCCCC6)c45)c3)c21. The molecule has 1 saturated carbocycles. The van der Waals surface area contributed by atoms with Gasteiger partial charge in [-0.2, -0.15) is 0 Å². The molecule has 1 heterocycles. The highest BCUT2D eigenvalue weighted by Gasteiger charge is 2.37. The largest absolute Gasteiger partial charge is 0.456 e. The molecule has 1 aromatic heterocycles. The highest BCUT2D eigenvalue weighted by molar-refractivity contribution is 6.12. The van der Waals surface area contributed by atoms with E-state index < -0.39 is 0 Å². The van der Waals surface area contributed by atoms with Crippen molar-refractivity contribution >= 4 is 49.8 Å². The maximum atomic E-state index is 6.32. The first-order chi connectivity index (χ1) is 31.0. The second-order valence-corrected chi connectivity index (χ2v) is 18.2. The number of furan rings is 1. The van der Waals surface area contributed by atoms with Gasteiger partial charge in [-0.05, 0) is 128 Å². The van der Waals surface area contributed by atoms with Gasteiger partial charge in [0.25, 0.3) is 0 Å². The van der Waals surface area contributed by atoms with Gasteiger partial charge in [-0.25, -0.2) is 0 Å². The van der Waals surface area contributed by atoms with Crippen molar-refractivity contribution in [1.29, 1.82) is 0 Å². The summed E-state index contributed by atoms with van der Waals surface area (Å²) in [5.41, 5.74) is 19.4. The van der Waals surface area contributed by atoms with Gasteiger partial charge >= 0.3 is 0 Å². The smallest absolute Gasteiger partial charge is 0.136 e. The quantitative estimate of drug-likeness (QED) is 0.159. The van der Waals surface area contributed by atoms with Crippen LogP contribution in [0.1, 0.15) is 68.6 Å². The summed E-state index contributed by atoms with van der Waals surface area (Å²) in [7, 11) is 0. The molecule has 0 saturated heterocycles. The van der Waals surface area contributed by atoms with E-state index >= 15 is 0 Å². The van der Waals surface area contributed by atoms with Crippen LogP contribution in [0.25, 0.3) is 77.2 Å². The standard InChI is InChI=1S/C61H49NO/c1-61(2)54-31-9-6-23-49(54)52-30-15-28-48(60(52)61)43-21-12-22-45(39-43)62(44-37-35-41(36-38-44)47-27-16-34-57-59(47)53-25-8-11-33-56(53)63-57)55-32-10-7-24-50(55)51-29-14-20-42-19-13-26-46(58(42)51)40-17-4-3-5-18-40/h6-16,19-40H,3-5,17-18H2,1-2H3. The van der Waals surface area contributed by atoms with Crippen LogP contribution >= 0.6 is 0 Å². The van der Waals surface area contributed by atoms with E-state index in [4.69, 9.17) is 4.42 Å². The highest BCUT2D eigenvalue weighted by Crippen LogP contribution is 2.53. The molecule has 10 aromatic rings. The topological polar surface area (TPSA) is 16.4 Å². The van der Waals surface area contributed by atoms with Crippen molar-refractivity contribution in [3.8, 4) is 44.5 Å². The maximum Gasteiger partial charge on any atom is 0.136 e. The minimum absolute atomic E-state index is 0.131. The fourth-order valence-electron chi connectivity index (χ4n) is 11.4. The molecular weight excluding hydrogens is 763 g/mol. The highest BCUT2D eigenvalue weighted by atomic mass is 16.3. The maximum absolute atomic E-state index is 6.32. The minimum atomic E-state index is -0.131. The molecule has 0 unspecified atom stereocenters. The lowest BCUT2D eigenvalue weighted by atomic mass is 9.79. The van der Waals surface area contributed by atoms with Crippen LogP contribution in [0.15, 0.2) is 199 Å². The summed E-state index contributed by atoms with van der Waals surface area (Å²) < 4.78 is 6.32. The zero-order chi connectivity index (χ0) is 42.1. The monoisotopic (exact) mass is 811 g/mol. The Kier molecular flexibility index (Phi) is 8.97. The Bertz CT molecular complexity index is 3360. The number of anilines is 3. The summed E-state index contributed by atoms with van der Waals surface area (Å²) in [6, 6.07) is 71.9. The molecule has 2 aliphatic carbocycles. The Morgan fingerprint density at radius 3 is 1.98 bits per heavy atom. The van der Waals surface area contributed by atoms with Crippen molar-refractivity contribution in [3.05, 3.63) is 211 Å². The molecule has 0 N–H and O–H groups in total. The molecule has 0 amide bonds. The van der Waals surface area contributed by atoms with Crippen molar-refractivity contribution in [3.63, 3.8) is 0 Å². The van der Waals surface area contributed by atoms with E-state index in [2.05, 4.69) is 207 Å². The predicted molar refractivity (Wildman–Crippen MR) is 266 cm³/mol. The van der Waals surface area contributed by atoms with Gasteiger partial charge in [0.2, 0.25) is 0 Å². The normalized spacial score (nSPS) is 14.6. The van der Waals surface area contributed by atoms with Crippen LogP contribution < -0.4 is 4.90 Å². The first-order valence-electron chi connectivity index (χ1n) is 22.8. The lowest BCUT2D eigenvalue weighted by Crippen LogP contribution is -2.16. The van der Waals surface area contributed by atoms with E-state index in [0.29, 0.717) is 5.92 Å². The number of fused-ring (bicyclic) bond motifs is 7. The van der Waals surface area contributed by atoms with Crippen LogP contribution in [-0.4, -0.2) is 0 Å². The molecule has 0 spiro atoms. The van der Waals surface area contributed by atoms with E-state index in [1.54, 1.807) is 0 Å². The van der Waals surface area contributed by atoms with Gasteiger partial charge in [0.05, 0.1) is 5.69 Å². The van der Waals surface area contributed by atoms with Crippen molar-refractivity contribution in [2.45, 2.75) is 57.3 Å². The third kappa shape index (κ3) is 6.15. The molecule has 1 fully saturated rings. The third-order valence-corrected chi connectivity index (χ3v) is 14.3. The van der Waals surface area contributed by atoms with Gasteiger partial charge in [0.1, 0.15) is 11.2 Å². The molecule has 0 aliphatic heterocycles. The van der Waals surface area contributed by atoms with Crippen molar-refractivity contribution in [2.24, 2.45) is 0 Å². The molecule has 304 valence electrons. The summed E-state index contributed by atoms with van der Waals surface area (Å²) in [5.74, 6) is 0.580. The average Bonchev–Trinajstić information content (AvgIpc) is 3.84. The van der Waals surface area contributed by atoms with Crippen LogP contribution in [0.3, 0.4) is 0 Å². The number of benzene rings is 9. The molecule has 63 heavy (non-hydrogen) atoms. The van der Waals surface area contributed by atoms with Gasteiger partial charge in [0.15, 0.2) is 0 Å². The summed E-state index contributed by atoms with van der Waals surface area (Å²) in [5, 5.41) is 5.00. The van der Waals surface area contributed by atoms with Gasteiger partial charge in [-0.1, -0.05) is 185 Å². The zero-order valence-corrected chi connectivity index (χ0v) is 35.9. The summed E-state index contributed by atoms with van der Waals surface area (Å²) >= 11 is 0. The Balaban J connectivity index is 1.05. The molecule has 2 aliphatic rings. The number of nitrogens with zero attached hydrogens (tertiary/aromatic N) is 1. The Hall–Kier alpha value is -7.16. The van der Waals surface area contributed by atoms with Gasteiger partial charge in [0, 0.05) is 33.1 Å². The lowest BCUT2D eigenvalue weighted by Gasteiger charge is -2.30. The van der Waals surface area contributed by atoms with Crippen LogP contribution in [0.4, 0.5) is 17.1 Å².